The van der Waals surface area contributed by atoms with Crippen LogP contribution in [0.1, 0.15) is 12.0 Å². The summed E-state index contributed by atoms with van der Waals surface area (Å²) >= 11 is 12.1. The molecule has 32 heavy (non-hydrogen) atoms. The Morgan fingerprint density at radius 2 is 1.84 bits per heavy atom. The molecule has 3 aromatic rings. The lowest BCUT2D eigenvalue weighted by atomic mass is 10.1. The Balaban J connectivity index is 1.58. The maximum Gasteiger partial charge on any atom is 0.244 e. The molecule has 0 bridgehead atoms. The number of ether oxygens (including phenoxy) is 1. The summed E-state index contributed by atoms with van der Waals surface area (Å²) in [6, 6.07) is 19.4. The van der Waals surface area contributed by atoms with Crippen LogP contribution in [0.15, 0.2) is 71.7 Å². The zero-order chi connectivity index (χ0) is 22.7. The standard InChI is InChI=1S/C24H19Cl2N3O3/c1-32-22-11-10-17(12-18(22)26)27-23(30)14-29-21-5-3-2-4-19(21)28-20(13-24(29)31)15-6-8-16(25)9-7-15/h2-12H,13-14H2,1H3,(H,27,30). The zero-order valence-electron chi connectivity index (χ0n) is 17.1. The van der Waals surface area contributed by atoms with Crippen molar-refractivity contribution in [3.8, 4) is 5.75 Å². The van der Waals surface area contributed by atoms with Gasteiger partial charge in [-0.1, -0.05) is 47.5 Å². The van der Waals surface area contributed by atoms with Crippen molar-refractivity contribution >= 4 is 57.8 Å². The number of hydrogen-bond acceptors (Lipinski definition) is 4. The number of aliphatic imine (C=N–C) groups is 1. The highest BCUT2D eigenvalue weighted by Gasteiger charge is 2.26. The fourth-order valence-electron chi connectivity index (χ4n) is 3.42. The van der Waals surface area contributed by atoms with Crippen molar-refractivity contribution in [2.45, 2.75) is 6.42 Å². The normalized spacial score (nSPS) is 13.2. The number of carbonyl (C=O) groups excluding carboxylic acids is 2. The monoisotopic (exact) mass is 467 g/mol. The second-order valence-corrected chi connectivity index (χ2v) is 7.95. The van der Waals surface area contributed by atoms with Gasteiger partial charge in [0.2, 0.25) is 11.8 Å². The molecule has 0 unspecified atom stereocenters. The van der Waals surface area contributed by atoms with Crippen molar-refractivity contribution in [1.29, 1.82) is 0 Å². The third-order valence-electron chi connectivity index (χ3n) is 4.96. The molecule has 0 saturated carbocycles. The molecular weight excluding hydrogens is 449 g/mol. The van der Waals surface area contributed by atoms with Gasteiger partial charge in [-0.2, -0.15) is 0 Å². The van der Waals surface area contributed by atoms with Gasteiger partial charge in [0, 0.05) is 10.7 Å². The minimum absolute atomic E-state index is 0.0535. The number of carbonyl (C=O) groups is 2. The number of amides is 2. The van der Waals surface area contributed by atoms with Crippen LogP contribution in [-0.4, -0.2) is 31.2 Å². The van der Waals surface area contributed by atoms with Crippen LogP contribution in [0.3, 0.4) is 0 Å². The molecule has 0 aromatic heterocycles. The SMILES string of the molecule is COc1ccc(NC(=O)CN2C(=O)CC(c3ccc(Cl)cc3)=Nc3ccccc32)cc1Cl. The molecule has 4 rings (SSSR count). The summed E-state index contributed by atoms with van der Waals surface area (Å²) in [6.45, 7) is -0.164. The summed E-state index contributed by atoms with van der Waals surface area (Å²) in [7, 11) is 1.52. The van der Waals surface area contributed by atoms with E-state index in [1.54, 1.807) is 36.4 Å². The highest BCUT2D eigenvalue weighted by Crippen LogP contribution is 2.33. The summed E-state index contributed by atoms with van der Waals surface area (Å²) in [5.41, 5.74) is 3.11. The predicted molar refractivity (Wildman–Crippen MR) is 128 cm³/mol. The van der Waals surface area contributed by atoms with Gasteiger partial charge in [-0.3, -0.25) is 14.6 Å². The molecule has 0 aliphatic carbocycles. The Hall–Kier alpha value is -3.35. The summed E-state index contributed by atoms with van der Waals surface area (Å²) in [4.78, 5) is 32.1. The van der Waals surface area contributed by atoms with Gasteiger partial charge in [-0.05, 0) is 48.0 Å². The van der Waals surface area contributed by atoms with E-state index >= 15 is 0 Å². The van der Waals surface area contributed by atoms with Crippen LogP contribution in [0.5, 0.6) is 5.75 Å². The first-order valence-electron chi connectivity index (χ1n) is 9.81. The van der Waals surface area contributed by atoms with Crippen LogP contribution in [0, 0.1) is 0 Å². The average molecular weight is 468 g/mol. The first-order valence-corrected chi connectivity index (χ1v) is 10.6. The third-order valence-corrected chi connectivity index (χ3v) is 5.51. The number of benzene rings is 3. The molecular formula is C24H19Cl2N3O3. The number of anilines is 2. The van der Waals surface area contributed by atoms with Crippen molar-refractivity contribution < 1.29 is 14.3 Å². The van der Waals surface area contributed by atoms with Gasteiger partial charge in [0.1, 0.15) is 12.3 Å². The van der Waals surface area contributed by atoms with Gasteiger partial charge < -0.3 is 15.0 Å². The van der Waals surface area contributed by atoms with E-state index in [1.165, 1.54) is 12.0 Å². The van der Waals surface area contributed by atoms with Crippen molar-refractivity contribution in [3.63, 3.8) is 0 Å². The molecule has 8 heteroatoms. The summed E-state index contributed by atoms with van der Waals surface area (Å²) in [5.74, 6) is -0.0796. The van der Waals surface area contributed by atoms with Crippen LogP contribution < -0.4 is 15.0 Å². The van der Waals surface area contributed by atoms with Crippen molar-refractivity contribution in [2.75, 3.05) is 23.9 Å². The van der Waals surface area contributed by atoms with E-state index in [9.17, 15) is 9.59 Å². The van der Waals surface area contributed by atoms with Crippen LogP contribution in [0.4, 0.5) is 17.1 Å². The third kappa shape index (κ3) is 4.77. The molecule has 0 saturated heterocycles. The molecule has 1 aliphatic heterocycles. The Labute approximate surface area is 195 Å². The van der Waals surface area contributed by atoms with Gasteiger partial charge in [0.05, 0.1) is 35.6 Å². The second-order valence-electron chi connectivity index (χ2n) is 7.11. The molecule has 0 atom stereocenters. The van der Waals surface area contributed by atoms with E-state index in [2.05, 4.69) is 5.32 Å². The maximum absolute atomic E-state index is 13.2. The lowest BCUT2D eigenvalue weighted by molar-refractivity contribution is -0.120. The molecule has 1 heterocycles. The number of fused-ring (bicyclic) bond motifs is 1. The van der Waals surface area contributed by atoms with E-state index in [0.29, 0.717) is 38.6 Å². The minimum atomic E-state index is -0.357. The number of para-hydroxylation sites is 2. The van der Waals surface area contributed by atoms with E-state index in [4.69, 9.17) is 32.9 Å². The highest BCUT2D eigenvalue weighted by atomic mass is 35.5. The highest BCUT2D eigenvalue weighted by molar-refractivity contribution is 6.32. The Morgan fingerprint density at radius 3 is 2.56 bits per heavy atom. The van der Waals surface area contributed by atoms with Crippen LogP contribution >= 0.6 is 23.2 Å². The molecule has 0 radical (unpaired) electrons. The average Bonchev–Trinajstić information content (AvgIpc) is 2.91. The number of halogens is 2. The van der Waals surface area contributed by atoms with Crippen LogP contribution in [0.25, 0.3) is 0 Å². The number of hydrogen-bond donors (Lipinski definition) is 1. The summed E-state index contributed by atoms with van der Waals surface area (Å²) in [5, 5.41) is 3.76. The van der Waals surface area contributed by atoms with Gasteiger partial charge >= 0.3 is 0 Å². The Kier molecular flexibility index (Phi) is 6.44. The topological polar surface area (TPSA) is 71.0 Å². The predicted octanol–water partition coefficient (Wildman–Crippen LogP) is 5.50. The quantitative estimate of drug-likeness (QED) is 0.538. The molecule has 3 aromatic carbocycles. The fourth-order valence-corrected chi connectivity index (χ4v) is 3.80. The second kappa shape index (κ2) is 9.42. The smallest absolute Gasteiger partial charge is 0.244 e. The maximum atomic E-state index is 13.2. The Bertz CT molecular complexity index is 1210. The molecule has 6 nitrogen and oxygen atoms in total. The van der Waals surface area contributed by atoms with Crippen LogP contribution in [0.2, 0.25) is 10.0 Å². The van der Waals surface area contributed by atoms with Gasteiger partial charge in [0.15, 0.2) is 0 Å². The van der Waals surface area contributed by atoms with E-state index in [0.717, 1.165) is 5.56 Å². The lowest BCUT2D eigenvalue weighted by Crippen LogP contribution is -2.38. The van der Waals surface area contributed by atoms with E-state index in [-0.39, 0.29) is 24.8 Å². The Morgan fingerprint density at radius 1 is 1.09 bits per heavy atom. The fraction of sp³-hybridized carbons (Fsp3) is 0.125. The molecule has 1 aliphatic rings. The minimum Gasteiger partial charge on any atom is -0.495 e. The summed E-state index contributed by atoms with van der Waals surface area (Å²) < 4.78 is 5.13. The molecule has 1 N–H and O–H groups in total. The van der Waals surface area contributed by atoms with Gasteiger partial charge in [-0.15, -0.1) is 0 Å². The molecule has 162 valence electrons. The number of methoxy groups -OCH3 is 1. The van der Waals surface area contributed by atoms with Crippen molar-refractivity contribution in [3.05, 3.63) is 82.3 Å². The number of nitrogens with one attached hydrogen (secondary N) is 1. The first kappa shape index (κ1) is 21.9. The van der Waals surface area contributed by atoms with Crippen molar-refractivity contribution in [1.82, 2.24) is 0 Å². The first-order chi connectivity index (χ1) is 15.4. The van der Waals surface area contributed by atoms with Gasteiger partial charge in [0.25, 0.3) is 0 Å². The van der Waals surface area contributed by atoms with Gasteiger partial charge in [-0.25, -0.2) is 0 Å². The molecule has 0 fully saturated rings. The number of rotatable bonds is 5. The molecule has 0 spiro atoms. The van der Waals surface area contributed by atoms with E-state index in [1.807, 2.05) is 30.3 Å². The molecule has 2 amide bonds. The summed E-state index contributed by atoms with van der Waals surface area (Å²) in [6.07, 6.45) is 0.0535. The van der Waals surface area contributed by atoms with Crippen molar-refractivity contribution in [2.24, 2.45) is 4.99 Å². The number of nitrogens with zero attached hydrogens (tertiary/aromatic N) is 2. The zero-order valence-corrected chi connectivity index (χ0v) is 18.7. The van der Waals surface area contributed by atoms with E-state index < -0.39 is 0 Å². The lowest BCUT2D eigenvalue weighted by Gasteiger charge is -2.22. The largest absolute Gasteiger partial charge is 0.495 e. The van der Waals surface area contributed by atoms with Crippen LogP contribution in [-0.2, 0) is 9.59 Å².